The molecule has 1 saturated heterocycles. The predicted octanol–water partition coefficient (Wildman–Crippen LogP) is 1.69. The van der Waals surface area contributed by atoms with Gasteiger partial charge in [0.05, 0.1) is 27.3 Å². The first-order valence-electron chi connectivity index (χ1n) is 13.1. The van der Waals surface area contributed by atoms with Crippen LogP contribution >= 0.6 is 0 Å². The first-order valence-corrected chi connectivity index (χ1v) is 13.1. The molecule has 2 aromatic heterocycles. The summed E-state index contributed by atoms with van der Waals surface area (Å²) in [6, 6.07) is 11.3. The van der Waals surface area contributed by atoms with Crippen LogP contribution in [0.25, 0.3) is 21.8 Å². The number of nitrogens with zero attached hydrogens (tertiary/aromatic N) is 5. The van der Waals surface area contributed by atoms with Gasteiger partial charge in [0.15, 0.2) is 5.52 Å². The third-order valence-electron chi connectivity index (χ3n) is 7.29. The van der Waals surface area contributed by atoms with Crippen LogP contribution in [-0.4, -0.2) is 58.2 Å². The Hall–Kier alpha value is -4.56. The topological polar surface area (TPSA) is 127 Å². The number of piperidine rings is 1. The van der Waals surface area contributed by atoms with Crippen molar-refractivity contribution in [3.05, 3.63) is 62.7 Å². The maximum atomic E-state index is 14.3. The molecule has 3 heterocycles. The van der Waals surface area contributed by atoms with Gasteiger partial charge >= 0.3 is 5.97 Å². The summed E-state index contributed by atoms with van der Waals surface area (Å²) in [4.78, 5) is 47.2. The Labute approximate surface area is 230 Å². The molecule has 1 atom stereocenters. The minimum Gasteiger partial charge on any atom is -0.496 e. The summed E-state index contributed by atoms with van der Waals surface area (Å²) in [6.45, 7) is 2.71. The van der Waals surface area contributed by atoms with E-state index in [9.17, 15) is 14.4 Å². The molecule has 1 fully saturated rings. The van der Waals surface area contributed by atoms with Crippen molar-refractivity contribution in [3.63, 3.8) is 0 Å². The molecular weight excluding hydrogens is 512 g/mol. The van der Waals surface area contributed by atoms with Gasteiger partial charge in [0.2, 0.25) is 5.95 Å². The number of ether oxygens (including phenoxy) is 2. The first-order chi connectivity index (χ1) is 19.4. The number of carbonyl (C=O) groups is 1. The van der Waals surface area contributed by atoms with Crippen molar-refractivity contribution < 1.29 is 14.3 Å². The highest BCUT2D eigenvalue weighted by atomic mass is 16.5. The first kappa shape index (κ1) is 27.0. The van der Waals surface area contributed by atoms with Crippen LogP contribution in [0.2, 0.25) is 0 Å². The van der Waals surface area contributed by atoms with Crippen molar-refractivity contribution >= 4 is 33.7 Å². The molecule has 40 heavy (non-hydrogen) atoms. The second kappa shape index (κ2) is 11.3. The van der Waals surface area contributed by atoms with Gasteiger partial charge in [-0.25, -0.2) is 14.3 Å². The number of hydrogen-bond donors (Lipinski definition) is 1. The summed E-state index contributed by atoms with van der Waals surface area (Å²) in [7, 11) is 2.84. The Morgan fingerprint density at radius 2 is 1.88 bits per heavy atom. The molecule has 0 saturated carbocycles. The fraction of sp³-hybridized carbons (Fsp3) is 0.379. The SMILES string of the molecule is CC#CCn1c(N2CCCC(N)C2)nc2c(=O)n(CC(=O)OC)n(Cc3ccc(OC)c4ccccc34)c(=O)c21. The van der Waals surface area contributed by atoms with E-state index in [1.165, 1.54) is 11.8 Å². The highest BCUT2D eigenvalue weighted by Crippen LogP contribution is 2.29. The van der Waals surface area contributed by atoms with Crippen molar-refractivity contribution in [1.29, 1.82) is 0 Å². The summed E-state index contributed by atoms with van der Waals surface area (Å²) >= 11 is 0. The van der Waals surface area contributed by atoms with Crippen molar-refractivity contribution in [2.24, 2.45) is 5.73 Å². The Kier molecular flexibility index (Phi) is 7.62. The summed E-state index contributed by atoms with van der Waals surface area (Å²) in [6.07, 6.45) is 1.76. The van der Waals surface area contributed by atoms with Crippen LogP contribution in [0, 0.1) is 11.8 Å². The molecule has 0 radical (unpaired) electrons. The lowest BCUT2D eigenvalue weighted by Gasteiger charge is -2.31. The summed E-state index contributed by atoms with van der Waals surface area (Å²) in [5, 5.41) is 1.73. The average Bonchev–Trinajstić information content (AvgIpc) is 3.36. The molecule has 0 aliphatic carbocycles. The third-order valence-corrected chi connectivity index (χ3v) is 7.29. The van der Waals surface area contributed by atoms with Gasteiger partial charge in [-0.2, -0.15) is 0 Å². The molecule has 2 N–H and O–H groups in total. The predicted molar refractivity (Wildman–Crippen MR) is 153 cm³/mol. The van der Waals surface area contributed by atoms with E-state index in [1.807, 2.05) is 41.3 Å². The number of nitrogens with two attached hydrogens (primary N) is 1. The van der Waals surface area contributed by atoms with E-state index in [4.69, 9.17) is 15.2 Å². The molecule has 1 aliphatic heterocycles. The molecule has 5 rings (SSSR count). The zero-order chi connectivity index (χ0) is 28.4. The van der Waals surface area contributed by atoms with Gasteiger partial charge in [-0.15, -0.1) is 5.92 Å². The van der Waals surface area contributed by atoms with Crippen molar-refractivity contribution in [2.75, 3.05) is 32.2 Å². The second-order valence-electron chi connectivity index (χ2n) is 9.74. The zero-order valence-corrected chi connectivity index (χ0v) is 22.8. The Balaban J connectivity index is 1.77. The van der Waals surface area contributed by atoms with E-state index in [0.29, 0.717) is 24.8 Å². The number of aromatic nitrogens is 4. The van der Waals surface area contributed by atoms with Crippen LogP contribution in [0.3, 0.4) is 0 Å². The molecule has 1 aliphatic rings. The van der Waals surface area contributed by atoms with E-state index in [-0.39, 0.29) is 30.2 Å². The number of fused-ring (bicyclic) bond motifs is 2. The fourth-order valence-corrected chi connectivity index (χ4v) is 5.32. The number of methoxy groups -OCH3 is 2. The van der Waals surface area contributed by atoms with Gasteiger partial charge in [0.1, 0.15) is 17.8 Å². The highest BCUT2D eigenvalue weighted by Gasteiger charge is 2.27. The van der Waals surface area contributed by atoms with E-state index >= 15 is 0 Å². The van der Waals surface area contributed by atoms with Gasteiger partial charge in [-0.1, -0.05) is 36.3 Å². The summed E-state index contributed by atoms with van der Waals surface area (Å²) in [5.41, 5.74) is 6.11. The number of rotatable bonds is 7. The number of carbonyl (C=O) groups excluding carboxylic acids is 1. The lowest BCUT2D eigenvalue weighted by atomic mass is 10.0. The fourth-order valence-electron chi connectivity index (χ4n) is 5.32. The number of hydrogen-bond acceptors (Lipinski definition) is 8. The summed E-state index contributed by atoms with van der Waals surface area (Å²) < 4.78 is 14.5. The van der Waals surface area contributed by atoms with Crippen LogP contribution in [0.15, 0.2) is 46.0 Å². The van der Waals surface area contributed by atoms with Crippen molar-refractivity contribution in [3.8, 4) is 17.6 Å². The van der Waals surface area contributed by atoms with Crippen LogP contribution < -0.4 is 26.5 Å². The van der Waals surface area contributed by atoms with Crippen LogP contribution in [0.4, 0.5) is 5.95 Å². The number of benzene rings is 2. The molecule has 2 aromatic carbocycles. The highest BCUT2D eigenvalue weighted by molar-refractivity contribution is 5.91. The molecule has 208 valence electrons. The quantitative estimate of drug-likeness (QED) is 0.275. The molecule has 0 amide bonds. The minimum absolute atomic E-state index is 0.0169. The van der Waals surface area contributed by atoms with Gasteiger partial charge in [-0.3, -0.25) is 19.0 Å². The van der Waals surface area contributed by atoms with E-state index in [0.717, 1.165) is 33.9 Å². The van der Waals surface area contributed by atoms with E-state index < -0.39 is 23.6 Å². The van der Waals surface area contributed by atoms with Gasteiger partial charge < -0.3 is 20.1 Å². The van der Waals surface area contributed by atoms with Gasteiger partial charge in [-0.05, 0) is 36.8 Å². The zero-order valence-electron chi connectivity index (χ0n) is 22.8. The normalized spacial score (nSPS) is 15.2. The molecular formula is C29H32N6O5. The second-order valence-corrected chi connectivity index (χ2v) is 9.74. The average molecular weight is 545 g/mol. The molecule has 1 unspecified atom stereocenters. The smallest absolute Gasteiger partial charge is 0.327 e. The molecule has 0 bridgehead atoms. The largest absolute Gasteiger partial charge is 0.496 e. The maximum absolute atomic E-state index is 14.3. The number of esters is 1. The molecule has 11 heteroatoms. The number of anilines is 1. The summed E-state index contributed by atoms with van der Waals surface area (Å²) in [5.74, 6) is 6.38. The van der Waals surface area contributed by atoms with E-state index in [1.54, 1.807) is 18.6 Å². The molecule has 0 spiro atoms. The minimum atomic E-state index is -0.660. The Morgan fingerprint density at radius 3 is 2.58 bits per heavy atom. The van der Waals surface area contributed by atoms with Crippen LogP contribution in [0.5, 0.6) is 5.75 Å². The van der Waals surface area contributed by atoms with Crippen molar-refractivity contribution in [1.82, 2.24) is 18.9 Å². The van der Waals surface area contributed by atoms with Gasteiger partial charge in [0, 0.05) is 24.5 Å². The number of imidazole rings is 1. The van der Waals surface area contributed by atoms with Gasteiger partial charge in [0.25, 0.3) is 11.1 Å². The van der Waals surface area contributed by atoms with E-state index in [2.05, 4.69) is 16.8 Å². The van der Waals surface area contributed by atoms with Crippen LogP contribution in [-0.2, 0) is 29.2 Å². The molecule has 4 aromatic rings. The Morgan fingerprint density at radius 1 is 1.10 bits per heavy atom. The lowest BCUT2D eigenvalue weighted by molar-refractivity contribution is -0.141. The Bertz CT molecular complexity index is 1770. The van der Waals surface area contributed by atoms with Crippen LogP contribution in [0.1, 0.15) is 25.3 Å². The maximum Gasteiger partial charge on any atom is 0.327 e. The standard InChI is InChI=1S/C29H32N6O5/c1-4-5-15-33-26-25(31-29(33)32-14-8-9-20(30)17-32)27(37)35(18-24(36)40-3)34(28(26)38)16-19-12-13-23(39-2)22-11-7-6-10-21(19)22/h6-7,10-13,20H,8-9,14-18,30H2,1-3H3. The molecule has 11 nitrogen and oxygen atoms in total. The third kappa shape index (κ3) is 4.82. The lowest BCUT2D eigenvalue weighted by Crippen LogP contribution is -2.44. The monoisotopic (exact) mass is 544 g/mol. The van der Waals surface area contributed by atoms with Crippen molar-refractivity contribution in [2.45, 2.75) is 45.4 Å².